The summed E-state index contributed by atoms with van der Waals surface area (Å²) in [6.07, 6.45) is 3.05. The average molecular weight is 384 g/mol. The van der Waals surface area contributed by atoms with Gasteiger partial charge in [-0.2, -0.15) is 5.10 Å². The molecule has 6 nitrogen and oxygen atoms in total. The number of carbonyl (C=O) groups is 1. The van der Waals surface area contributed by atoms with Gasteiger partial charge in [-0.05, 0) is 24.3 Å². The van der Waals surface area contributed by atoms with Gasteiger partial charge in [-0.1, -0.05) is 34.8 Å². The molecule has 0 radical (unpaired) electrons. The fourth-order valence-corrected chi connectivity index (χ4v) is 3.24. The highest BCUT2D eigenvalue weighted by molar-refractivity contribution is 6.40. The lowest BCUT2D eigenvalue weighted by Crippen LogP contribution is -2.06. The van der Waals surface area contributed by atoms with Crippen LogP contribution in [-0.4, -0.2) is 25.8 Å². The molecule has 3 rings (SSSR count). The molecule has 9 heteroatoms. The van der Waals surface area contributed by atoms with Gasteiger partial charge < -0.3 is 10.8 Å². The number of nitrogen functional groups attached to an aromatic ring is 1. The van der Waals surface area contributed by atoms with E-state index in [0.29, 0.717) is 10.6 Å². The number of aromatic carboxylic acids is 1. The number of benzene rings is 1. The van der Waals surface area contributed by atoms with E-state index < -0.39 is 5.97 Å². The highest BCUT2D eigenvalue weighted by atomic mass is 35.5. The number of pyridine rings is 1. The second kappa shape index (κ2) is 6.32. The molecule has 1 aromatic carbocycles. The van der Waals surface area contributed by atoms with Gasteiger partial charge in [0.15, 0.2) is 0 Å². The van der Waals surface area contributed by atoms with Crippen molar-refractivity contribution in [2.45, 2.75) is 0 Å². The molecule has 0 unspecified atom stereocenters. The number of halogens is 3. The zero-order valence-corrected chi connectivity index (χ0v) is 14.1. The Morgan fingerprint density at radius 2 is 1.71 bits per heavy atom. The smallest absolute Gasteiger partial charge is 0.341 e. The molecular formula is C15H9Cl3N4O2. The van der Waals surface area contributed by atoms with E-state index in [9.17, 15) is 9.90 Å². The predicted octanol–water partition coefficient (Wildman–Crippen LogP) is 4.17. The average Bonchev–Trinajstić information content (AvgIpc) is 2.85. The van der Waals surface area contributed by atoms with E-state index in [2.05, 4.69) is 10.1 Å². The van der Waals surface area contributed by atoms with Crippen molar-refractivity contribution in [2.75, 3.05) is 5.73 Å². The lowest BCUT2D eigenvalue weighted by molar-refractivity contribution is 0.0699. The SMILES string of the molecule is Nc1c(C(=O)O)c(-c2ccncc2)nn1-c1c(Cl)cc(Cl)cc1Cl. The van der Waals surface area contributed by atoms with Gasteiger partial charge in [-0.15, -0.1) is 0 Å². The van der Waals surface area contributed by atoms with Gasteiger partial charge in [0.2, 0.25) is 0 Å². The van der Waals surface area contributed by atoms with Crippen LogP contribution in [0.25, 0.3) is 16.9 Å². The third-order valence-electron chi connectivity index (χ3n) is 3.28. The molecule has 0 aliphatic rings. The van der Waals surface area contributed by atoms with Gasteiger partial charge >= 0.3 is 5.97 Å². The largest absolute Gasteiger partial charge is 0.477 e. The molecular weight excluding hydrogens is 375 g/mol. The quantitative estimate of drug-likeness (QED) is 0.707. The summed E-state index contributed by atoms with van der Waals surface area (Å²) in [5.74, 6) is -1.31. The highest BCUT2D eigenvalue weighted by Gasteiger charge is 2.25. The molecule has 24 heavy (non-hydrogen) atoms. The van der Waals surface area contributed by atoms with Crippen molar-refractivity contribution in [3.05, 3.63) is 57.3 Å². The molecule has 2 heterocycles. The summed E-state index contributed by atoms with van der Waals surface area (Å²) in [4.78, 5) is 15.5. The van der Waals surface area contributed by atoms with Crippen LogP contribution < -0.4 is 5.73 Å². The van der Waals surface area contributed by atoms with Crippen LogP contribution in [0.3, 0.4) is 0 Å². The molecule has 2 aromatic heterocycles. The van der Waals surface area contributed by atoms with Crippen molar-refractivity contribution >= 4 is 46.6 Å². The fourth-order valence-electron chi connectivity index (χ4n) is 2.26. The Balaban J connectivity index is 2.31. The number of aromatic nitrogens is 3. The number of hydrogen-bond donors (Lipinski definition) is 2. The molecule has 0 aliphatic heterocycles. The Kier molecular flexibility index (Phi) is 4.36. The summed E-state index contributed by atoms with van der Waals surface area (Å²) in [6.45, 7) is 0. The van der Waals surface area contributed by atoms with Crippen molar-refractivity contribution in [3.8, 4) is 16.9 Å². The second-order valence-electron chi connectivity index (χ2n) is 4.78. The monoisotopic (exact) mass is 382 g/mol. The van der Waals surface area contributed by atoms with E-state index in [1.54, 1.807) is 12.1 Å². The van der Waals surface area contributed by atoms with Crippen LogP contribution in [0.4, 0.5) is 5.82 Å². The molecule has 3 aromatic rings. The predicted molar refractivity (Wildman–Crippen MR) is 93.2 cm³/mol. The first-order chi connectivity index (χ1) is 11.4. The van der Waals surface area contributed by atoms with E-state index in [0.717, 1.165) is 0 Å². The number of anilines is 1. The number of carboxylic acid groups (broad SMARTS) is 1. The van der Waals surface area contributed by atoms with Gasteiger partial charge in [-0.3, -0.25) is 4.98 Å². The molecule has 0 fully saturated rings. The molecule has 0 amide bonds. The zero-order chi connectivity index (χ0) is 17.4. The van der Waals surface area contributed by atoms with Crippen LogP contribution in [0.15, 0.2) is 36.7 Å². The Morgan fingerprint density at radius 1 is 1.12 bits per heavy atom. The zero-order valence-electron chi connectivity index (χ0n) is 11.9. The standard InChI is InChI=1S/C15H9Cl3N4O2/c16-8-5-9(17)13(10(18)6-8)22-14(19)11(15(23)24)12(21-22)7-1-3-20-4-2-7/h1-6H,19H2,(H,23,24). The first-order valence-corrected chi connectivity index (χ1v) is 7.70. The van der Waals surface area contributed by atoms with E-state index in [4.69, 9.17) is 40.5 Å². The van der Waals surface area contributed by atoms with Crippen LogP contribution in [-0.2, 0) is 0 Å². The van der Waals surface area contributed by atoms with Crippen LogP contribution >= 0.6 is 34.8 Å². The van der Waals surface area contributed by atoms with Crippen LogP contribution in [0.2, 0.25) is 15.1 Å². The van der Waals surface area contributed by atoms with E-state index in [1.165, 1.54) is 29.2 Å². The van der Waals surface area contributed by atoms with Crippen LogP contribution in [0.1, 0.15) is 10.4 Å². The second-order valence-corrected chi connectivity index (χ2v) is 6.03. The minimum absolute atomic E-state index is 0.0968. The number of nitrogens with two attached hydrogens (primary N) is 1. The summed E-state index contributed by atoms with van der Waals surface area (Å²) >= 11 is 18.3. The summed E-state index contributed by atoms with van der Waals surface area (Å²) in [7, 11) is 0. The minimum atomic E-state index is -1.22. The maximum absolute atomic E-state index is 11.6. The van der Waals surface area contributed by atoms with Gasteiger partial charge in [0.25, 0.3) is 0 Å². The molecule has 0 saturated heterocycles. The minimum Gasteiger partial charge on any atom is -0.477 e. The number of nitrogens with zero attached hydrogens (tertiary/aromatic N) is 3. The summed E-state index contributed by atoms with van der Waals surface area (Å²) in [5, 5.41) is 14.5. The van der Waals surface area contributed by atoms with Crippen molar-refractivity contribution in [1.29, 1.82) is 0 Å². The topological polar surface area (TPSA) is 94.0 Å². The maximum Gasteiger partial charge on any atom is 0.341 e. The Hall–Kier alpha value is -2.28. The molecule has 3 N–H and O–H groups in total. The molecule has 0 saturated carbocycles. The first-order valence-electron chi connectivity index (χ1n) is 6.57. The Bertz CT molecular complexity index is 918. The maximum atomic E-state index is 11.6. The van der Waals surface area contributed by atoms with E-state index in [1.807, 2.05) is 0 Å². The fraction of sp³-hybridized carbons (Fsp3) is 0. The van der Waals surface area contributed by atoms with Gasteiger partial charge in [0.1, 0.15) is 22.8 Å². The molecule has 0 bridgehead atoms. The van der Waals surface area contributed by atoms with E-state index >= 15 is 0 Å². The number of carboxylic acids is 1. The summed E-state index contributed by atoms with van der Waals surface area (Å²) in [6, 6.07) is 6.20. The third kappa shape index (κ3) is 2.80. The first kappa shape index (κ1) is 16.6. The summed E-state index contributed by atoms with van der Waals surface area (Å²) < 4.78 is 1.19. The van der Waals surface area contributed by atoms with Gasteiger partial charge in [0, 0.05) is 23.0 Å². The lowest BCUT2D eigenvalue weighted by Gasteiger charge is -2.09. The van der Waals surface area contributed by atoms with Crippen molar-refractivity contribution in [3.63, 3.8) is 0 Å². The van der Waals surface area contributed by atoms with Crippen molar-refractivity contribution in [1.82, 2.24) is 14.8 Å². The molecule has 0 spiro atoms. The van der Waals surface area contributed by atoms with Crippen LogP contribution in [0, 0.1) is 0 Å². The normalized spacial score (nSPS) is 10.8. The third-order valence-corrected chi connectivity index (χ3v) is 4.08. The lowest BCUT2D eigenvalue weighted by atomic mass is 10.1. The Labute approximate surface area is 151 Å². The van der Waals surface area contributed by atoms with Crippen molar-refractivity contribution < 1.29 is 9.90 Å². The number of rotatable bonds is 3. The summed E-state index contributed by atoms with van der Waals surface area (Å²) in [5.41, 5.74) is 6.84. The van der Waals surface area contributed by atoms with Crippen LogP contribution in [0.5, 0.6) is 0 Å². The van der Waals surface area contributed by atoms with Crippen molar-refractivity contribution in [2.24, 2.45) is 0 Å². The molecule has 0 aliphatic carbocycles. The van der Waals surface area contributed by atoms with Gasteiger partial charge in [0.05, 0.1) is 10.0 Å². The number of hydrogen-bond acceptors (Lipinski definition) is 4. The van der Waals surface area contributed by atoms with E-state index in [-0.39, 0.29) is 32.8 Å². The van der Waals surface area contributed by atoms with Gasteiger partial charge in [-0.25, -0.2) is 9.48 Å². The highest BCUT2D eigenvalue weighted by Crippen LogP contribution is 2.36. The molecule has 122 valence electrons. The molecule has 0 atom stereocenters. The Morgan fingerprint density at radius 3 is 2.25 bits per heavy atom.